The Morgan fingerprint density at radius 3 is 2.83 bits per heavy atom. The Balaban J connectivity index is 1.70. The number of hydrogen-bond acceptors (Lipinski definition) is 5. The molecule has 7 nitrogen and oxygen atoms in total. The molecule has 1 aliphatic rings. The van der Waals surface area contributed by atoms with Crippen molar-refractivity contribution in [1.82, 2.24) is 9.88 Å². The third-order valence-corrected chi connectivity index (χ3v) is 5.04. The van der Waals surface area contributed by atoms with Crippen molar-refractivity contribution < 1.29 is 19.1 Å². The SMILES string of the molecule is CCOc1cc(C(=O)N2CCCC(C(=O)Nc3ncccc3C)C2)ccc1OC. The average molecular weight is 397 g/mol. The number of methoxy groups -OCH3 is 1. The Labute approximate surface area is 171 Å². The van der Waals surface area contributed by atoms with Gasteiger partial charge in [0.25, 0.3) is 5.91 Å². The number of benzene rings is 1. The summed E-state index contributed by atoms with van der Waals surface area (Å²) in [5, 5.41) is 2.90. The third kappa shape index (κ3) is 4.85. The lowest BCUT2D eigenvalue weighted by Gasteiger charge is -2.32. The fourth-order valence-electron chi connectivity index (χ4n) is 3.47. The molecule has 1 unspecified atom stereocenters. The smallest absolute Gasteiger partial charge is 0.254 e. The number of nitrogens with zero attached hydrogens (tertiary/aromatic N) is 2. The van der Waals surface area contributed by atoms with Gasteiger partial charge < -0.3 is 19.7 Å². The van der Waals surface area contributed by atoms with Gasteiger partial charge in [0, 0.05) is 24.8 Å². The number of piperidine rings is 1. The van der Waals surface area contributed by atoms with E-state index in [-0.39, 0.29) is 17.7 Å². The Morgan fingerprint density at radius 1 is 1.28 bits per heavy atom. The zero-order chi connectivity index (χ0) is 20.8. The number of aryl methyl sites for hydroxylation is 1. The van der Waals surface area contributed by atoms with Gasteiger partial charge in [-0.05, 0) is 56.5 Å². The molecule has 1 saturated heterocycles. The highest BCUT2D eigenvalue weighted by Gasteiger charge is 2.29. The molecular weight excluding hydrogens is 370 g/mol. The first-order chi connectivity index (χ1) is 14.0. The van der Waals surface area contributed by atoms with E-state index in [1.54, 1.807) is 36.4 Å². The summed E-state index contributed by atoms with van der Waals surface area (Å²) < 4.78 is 10.9. The minimum atomic E-state index is -0.265. The summed E-state index contributed by atoms with van der Waals surface area (Å²) >= 11 is 0. The van der Waals surface area contributed by atoms with E-state index in [9.17, 15) is 9.59 Å². The minimum absolute atomic E-state index is 0.103. The molecule has 1 atom stereocenters. The number of anilines is 1. The fourth-order valence-corrected chi connectivity index (χ4v) is 3.47. The molecule has 0 aliphatic carbocycles. The number of hydrogen-bond donors (Lipinski definition) is 1. The first kappa shape index (κ1) is 20.6. The Kier molecular flexibility index (Phi) is 6.69. The van der Waals surface area contributed by atoms with E-state index >= 15 is 0 Å². The van der Waals surface area contributed by atoms with Gasteiger partial charge in [0.2, 0.25) is 5.91 Å². The average Bonchev–Trinajstić information content (AvgIpc) is 2.75. The van der Waals surface area contributed by atoms with E-state index in [0.29, 0.717) is 42.6 Å². The topological polar surface area (TPSA) is 80.8 Å². The van der Waals surface area contributed by atoms with Crippen molar-refractivity contribution in [3.63, 3.8) is 0 Å². The van der Waals surface area contributed by atoms with Gasteiger partial charge in [-0.25, -0.2) is 4.98 Å². The number of likely N-dealkylation sites (tertiary alicyclic amines) is 1. The van der Waals surface area contributed by atoms with Crippen molar-refractivity contribution in [3.8, 4) is 11.5 Å². The molecule has 1 aromatic carbocycles. The molecule has 154 valence electrons. The molecule has 7 heteroatoms. The zero-order valence-electron chi connectivity index (χ0n) is 17.1. The lowest BCUT2D eigenvalue weighted by molar-refractivity contribution is -0.121. The van der Waals surface area contributed by atoms with Crippen LogP contribution < -0.4 is 14.8 Å². The molecule has 2 amide bonds. The summed E-state index contributed by atoms with van der Waals surface area (Å²) in [6, 6.07) is 8.89. The molecule has 3 rings (SSSR count). The van der Waals surface area contributed by atoms with Crippen molar-refractivity contribution >= 4 is 17.6 Å². The van der Waals surface area contributed by atoms with Crippen LogP contribution in [0.15, 0.2) is 36.5 Å². The van der Waals surface area contributed by atoms with E-state index in [0.717, 1.165) is 18.4 Å². The van der Waals surface area contributed by atoms with Crippen LogP contribution >= 0.6 is 0 Å². The van der Waals surface area contributed by atoms with Gasteiger partial charge >= 0.3 is 0 Å². The summed E-state index contributed by atoms with van der Waals surface area (Å²) in [6.07, 6.45) is 3.17. The summed E-state index contributed by atoms with van der Waals surface area (Å²) in [5.41, 5.74) is 1.43. The normalized spacial score (nSPS) is 16.2. The van der Waals surface area contributed by atoms with Gasteiger partial charge in [0.15, 0.2) is 11.5 Å². The van der Waals surface area contributed by atoms with Crippen LogP contribution in [0.3, 0.4) is 0 Å². The second-order valence-electron chi connectivity index (χ2n) is 7.05. The molecule has 29 heavy (non-hydrogen) atoms. The Hall–Kier alpha value is -3.09. The summed E-state index contributed by atoms with van der Waals surface area (Å²) in [4.78, 5) is 31.7. The van der Waals surface area contributed by atoms with Gasteiger partial charge in [-0.2, -0.15) is 0 Å². The number of rotatable bonds is 6. The molecule has 1 aliphatic heterocycles. The minimum Gasteiger partial charge on any atom is -0.493 e. The second-order valence-corrected chi connectivity index (χ2v) is 7.05. The molecule has 2 heterocycles. The molecule has 1 fully saturated rings. The van der Waals surface area contributed by atoms with E-state index < -0.39 is 0 Å². The molecule has 1 N–H and O–H groups in total. The summed E-state index contributed by atoms with van der Waals surface area (Å²) in [7, 11) is 1.57. The predicted octanol–water partition coefficient (Wildman–Crippen LogP) is 3.29. The maximum absolute atomic E-state index is 13.0. The van der Waals surface area contributed by atoms with Gasteiger partial charge in [-0.3, -0.25) is 9.59 Å². The van der Waals surface area contributed by atoms with Crippen LogP contribution in [0.25, 0.3) is 0 Å². The second kappa shape index (κ2) is 9.41. The number of nitrogens with one attached hydrogen (secondary N) is 1. The van der Waals surface area contributed by atoms with Gasteiger partial charge in [-0.1, -0.05) is 6.07 Å². The number of carbonyl (C=O) groups excluding carboxylic acids is 2. The highest BCUT2D eigenvalue weighted by molar-refractivity contribution is 5.96. The molecular formula is C22H27N3O4. The first-order valence-electron chi connectivity index (χ1n) is 9.86. The number of amides is 2. The molecule has 0 saturated carbocycles. The molecule has 1 aromatic heterocycles. The van der Waals surface area contributed by atoms with E-state index in [1.807, 2.05) is 26.0 Å². The molecule has 0 radical (unpaired) electrons. The van der Waals surface area contributed by atoms with Gasteiger partial charge in [-0.15, -0.1) is 0 Å². The van der Waals surface area contributed by atoms with Crippen molar-refractivity contribution in [2.45, 2.75) is 26.7 Å². The lowest BCUT2D eigenvalue weighted by atomic mass is 9.96. The maximum Gasteiger partial charge on any atom is 0.254 e. The van der Waals surface area contributed by atoms with Crippen molar-refractivity contribution in [2.24, 2.45) is 5.92 Å². The zero-order valence-corrected chi connectivity index (χ0v) is 17.1. The van der Waals surface area contributed by atoms with Crippen molar-refractivity contribution in [3.05, 3.63) is 47.7 Å². The summed E-state index contributed by atoms with van der Waals surface area (Å²) in [6.45, 7) is 5.27. The number of carbonyl (C=O) groups is 2. The van der Waals surface area contributed by atoms with E-state index in [1.165, 1.54) is 0 Å². The number of ether oxygens (including phenoxy) is 2. The van der Waals surface area contributed by atoms with E-state index in [4.69, 9.17) is 9.47 Å². The highest BCUT2D eigenvalue weighted by Crippen LogP contribution is 2.29. The number of aromatic nitrogens is 1. The fraction of sp³-hybridized carbons (Fsp3) is 0.409. The molecule has 0 spiro atoms. The van der Waals surface area contributed by atoms with Crippen molar-refractivity contribution in [1.29, 1.82) is 0 Å². The van der Waals surface area contributed by atoms with Crippen LogP contribution in [0.2, 0.25) is 0 Å². The van der Waals surface area contributed by atoms with Crippen LogP contribution in [0, 0.1) is 12.8 Å². The molecule has 0 bridgehead atoms. The monoisotopic (exact) mass is 397 g/mol. The Morgan fingerprint density at radius 2 is 2.10 bits per heavy atom. The number of pyridine rings is 1. The van der Waals surface area contributed by atoms with Crippen molar-refractivity contribution in [2.75, 3.05) is 32.1 Å². The van der Waals surface area contributed by atoms with Gasteiger partial charge in [0.1, 0.15) is 5.82 Å². The van der Waals surface area contributed by atoms with Crippen LogP contribution in [0.5, 0.6) is 11.5 Å². The first-order valence-corrected chi connectivity index (χ1v) is 9.86. The van der Waals surface area contributed by atoms with Crippen LogP contribution in [0.1, 0.15) is 35.7 Å². The van der Waals surface area contributed by atoms with Crippen LogP contribution in [0.4, 0.5) is 5.82 Å². The largest absolute Gasteiger partial charge is 0.493 e. The van der Waals surface area contributed by atoms with Crippen LogP contribution in [-0.4, -0.2) is 48.5 Å². The standard InChI is InChI=1S/C22H27N3O4/c1-4-29-19-13-16(9-10-18(19)28-3)22(27)25-12-6-8-17(14-25)21(26)24-20-15(2)7-5-11-23-20/h5,7,9-11,13,17H,4,6,8,12,14H2,1-3H3,(H,23,24,26). The van der Waals surface area contributed by atoms with Gasteiger partial charge in [0.05, 0.1) is 19.6 Å². The highest BCUT2D eigenvalue weighted by atomic mass is 16.5. The lowest BCUT2D eigenvalue weighted by Crippen LogP contribution is -2.43. The molecule has 2 aromatic rings. The maximum atomic E-state index is 13.0. The third-order valence-electron chi connectivity index (χ3n) is 5.04. The predicted molar refractivity (Wildman–Crippen MR) is 110 cm³/mol. The van der Waals surface area contributed by atoms with Crippen LogP contribution in [-0.2, 0) is 4.79 Å². The Bertz CT molecular complexity index is 884. The quantitative estimate of drug-likeness (QED) is 0.809. The summed E-state index contributed by atoms with van der Waals surface area (Å²) in [5.74, 6) is 1.22. The van der Waals surface area contributed by atoms with E-state index in [2.05, 4.69) is 10.3 Å².